The number of nitrogens with two attached hydrogens (primary N) is 1. The van der Waals surface area contributed by atoms with E-state index in [4.69, 9.17) is 5.73 Å². The molecule has 1 rings (SSSR count). The minimum atomic E-state index is -2.63. The van der Waals surface area contributed by atoms with E-state index < -0.39 is 12.2 Å². The minimum Gasteiger partial charge on any atom is -0.324 e. The predicted molar refractivity (Wildman–Crippen MR) is 44.8 cm³/mol. The molecule has 0 aliphatic heterocycles. The molecule has 0 fully saturated rings. The summed E-state index contributed by atoms with van der Waals surface area (Å²) in [7, 11) is 0. The van der Waals surface area contributed by atoms with Crippen LogP contribution in [0.1, 0.15) is 22.3 Å². The fraction of sp³-hybridized carbons (Fsp3) is 0.222. The zero-order chi connectivity index (χ0) is 9.84. The number of rotatable bonds is 3. The highest BCUT2D eigenvalue weighted by atomic mass is 19.3. The number of carbonyl (C=O) groups excluding carboxylic acids is 1. The molecule has 0 aliphatic rings. The van der Waals surface area contributed by atoms with Crippen molar-refractivity contribution in [3.8, 4) is 0 Å². The fourth-order valence-corrected chi connectivity index (χ4v) is 1.05. The summed E-state index contributed by atoms with van der Waals surface area (Å²) in [5.74, 6) is -0.462. The van der Waals surface area contributed by atoms with E-state index in [-0.39, 0.29) is 17.7 Å². The Bertz CT molecular complexity index is 312. The van der Waals surface area contributed by atoms with Crippen molar-refractivity contribution >= 4 is 5.78 Å². The van der Waals surface area contributed by atoms with Crippen molar-refractivity contribution in [3.05, 3.63) is 35.4 Å². The number of halogens is 2. The van der Waals surface area contributed by atoms with Crippen LogP contribution in [0, 0.1) is 0 Å². The second kappa shape index (κ2) is 4.09. The van der Waals surface area contributed by atoms with E-state index in [2.05, 4.69) is 0 Å². The van der Waals surface area contributed by atoms with Gasteiger partial charge < -0.3 is 5.73 Å². The number of hydrogen-bond acceptors (Lipinski definition) is 2. The van der Waals surface area contributed by atoms with Crippen molar-refractivity contribution in [3.63, 3.8) is 0 Å². The topological polar surface area (TPSA) is 43.1 Å². The van der Waals surface area contributed by atoms with Gasteiger partial charge in [0, 0.05) is 11.1 Å². The van der Waals surface area contributed by atoms with Crippen molar-refractivity contribution in [2.45, 2.75) is 6.43 Å². The maximum atomic E-state index is 12.3. The van der Waals surface area contributed by atoms with Gasteiger partial charge in [-0.2, -0.15) is 0 Å². The molecule has 0 unspecified atom stereocenters. The van der Waals surface area contributed by atoms with Crippen LogP contribution in [0.25, 0.3) is 0 Å². The Kier molecular flexibility index (Phi) is 3.08. The lowest BCUT2D eigenvalue weighted by molar-refractivity contribution is 0.0987. The molecule has 1 aromatic rings. The van der Waals surface area contributed by atoms with Crippen molar-refractivity contribution in [1.82, 2.24) is 0 Å². The van der Waals surface area contributed by atoms with Gasteiger partial charge in [-0.1, -0.05) is 24.3 Å². The van der Waals surface area contributed by atoms with Gasteiger partial charge >= 0.3 is 0 Å². The van der Waals surface area contributed by atoms with Crippen LogP contribution in [0.15, 0.2) is 24.3 Å². The average Bonchev–Trinajstić information content (AvgIpc) is 2.16. The first-order valence-corrected chi connectivity index (χ1v) is 3.77. The number of Topliss-reactive ketones (excluding diaryl/α,β-unsaturated/α-hetero) is 1. The first-order chi connectivity index (χ1) is 6.16. The molecule has 70 valence electrons. The second-order valence-electron chi connectivity index (χ2n) is 2.52. The standard InChI is InChI=1S/C9H9F2NO/c10-9(11)7-4-2-1-3-6(7)8(13)5-12/h1-4,9H,5,12H2. The van der Waals surface area contributed by atoms with Crippen LogP contribution in [0.3, 0.4) is 0 Å². The largest absolute Gasteiger partial charge is 0.324 e. The van der Waals surface area contributed by atoms with Crippen LogP contribution in [0.2, 0.25) is 0 Å². The summed E-state index contributed by atoms with van der Waals surface area (Å²) in [6.07, 6.45) is -2.63. The molecular formula is C9H9F2NO. The van der Waals surface area contributed by atoms with E-state index in [1.165, 1.54) is 24.3 Å². The van der Waals surface area contributed by atoms with Crippen molar-refractivity contribution < 1.29 is 13.6 Å². The van der Waals surface area contributed by atoms with Gasteiger partial charge in [0.25, 0.3) is 6.43 Å². The van der Waals surface area contributed by atoms with Gasteiger partial charge in [-0.05, 0) is 0 Å². The quantitative estimate of drug-likeness (QED) is 0.729. The summed E-state index contributed by atoms with van der Waals surface area (Å²) in [6, 6.07) is 5.59. The molecule has 0 radical (unpaired) electrons. The third-order valence-corrected chi connectivity index (χ3v) is 1.68. The van der Waals surface area contributed by atoms with Gasteiger partial charge in [0.2, 0.25) is 0 Å². The van der Waals surface area contributed by atoms with Crippen LogP contribution in [-0.2, 0) is 0 Å². The Balaban J connectivity index is 3.12. The smallest absolute Gasteiger partial charge is 0.264 e. The molecule has 0 heterocycles. The van der Waals surface area contributed by atoms with Crippen LogP contribution in [0.5, 0.6) is 0 Å². The number of benzene rings is 1. The third-order valence-electron chi connectivity index (χ3n) is 1.68. The number of carbonyl (C=O) groups is 1. The number of ketones is 1. The molecule has 1 aromatic carbocycles. The lowest BCUT2D eigenvalue weighted by Crippen LogP contribution is -2.15. The third kappa shape index (κ3) is 2.09. The van der Waals surface area contributed by atoms with E-state index in [1.54, 1.807) is 0 Å². The highest BCUT2D eigenvalue weighted by Crippen LogP contribution is 2.22. The Hall–Kier alpha value is -1.29. The van der Waals surface area contributed by atoms with Crippen molar-refractivity contribution in [1.29, 1.82) is 0 Å². The summed E-state index contributed by atoms with van der Waals surface area (Å²) < 4.78 is 24.7. The zero-order valence-corrected chi connectivity index (χ0v) is 6.84. The van der Waals surface area contributed by atoms with E-state index in [0.29, 0.717) is 0 Å². The first-order valence-electron chi connectivity index (χ1n) is 3.77. The SMILES string of the molecule is NCC(=O)c1ccccc1C(F)F. The molecule has 4 heteroatoms. The molecule has 2 nitrogen and oxygen atoms in total. The van der Waals surface area contributed by atoms with E-state index in [9.17, 15) is 13.6 Å². The van der Waals surface area contributed by atoms with Gasteiger partial charge in [-0.3, -0.25) is 4.79 Å². The van der Waals surface area contributed by atoms with Gasteiger partial charge in [0.05, 0.1) is 6.54 Å². The molecule has 0 atom stereocenters. The molecule has 0 spiro atoms. The Morgan fingerprint density at radius 1 is 1.38 bits per heavy atom. The molecule has 0 bridgehead atoms. The molecular weight excluding hydrogens is 176 g/mol. The molecule has 13 heavy (non-hydrogen) atoms. The Morgan fingerprint density at radius 3 is 2.54 bits per heavy atom. The molecule has 0 aliphatic carbocycles. The summed E-state index contributed by atoms with van der Waals surface area (Å²) in [5, 5.41) is 0. The number of hydrogen-bond donors (Lipinski definition) is 1. The predicted octanol–water partition coefficient (Wildman–Crippen LogP) is 1.77. The minimum absolute atomic E-state index is 0.0139. The highest BCUT2D eigenvalue weighted by molar-refractivity contribution is 5.98. The van der Waals surface area contributed by atoms with Crippen LogP contribution in [-0.4, -0.2) is 12.3 Å². The fourth-order valence-electron chi connectivity index (χ4n) is 1.05. The summed E-state index contributed by atoms with van der Waals surface area (Å²) in [4.78, 5) is 11.1. The monoisotopic (exact) mass is 185 g/mol. The lowest BCUT2D eigenvalue weighted by Gasteiger charge is -2.05. The van der Waals surface area contributed by atoms with Gasteiger partial charge in [0.15, 0.2) is 5.78 Å². The van der Waals surface area contributed by atoms with Crippen molar-refractivity contribution in [2.24, 2.45) is 5.73 Å². The van der Waals surface area contributed by atoms with Gasteiger partial charge in [0.1, 0.15) is 0 Å². The second-order valence-corrected chi connectivity index (χ2v) is 2.52. The molecule has 0 saturated carbocycles. The zero-order valence-electron chi connectivity index (χ0n) is 6.84. The average molecular weight is 185 g/mol. The van der Waals surface area contributed by atoms with Crippen LogP contribution >= 0.6 is 0 Å². The normalized spacial score (nSPS) is 10.5. The maximum absolute atomic E-state index is 12.3. The Morgan fingerprint density at radius 2 is 2.00 bits per heavy atom. The molecule has 0 aromatic heterocycles. The van der Waals surface area contributed by atoms with E-state index >= 15 is 0 Å². The van der Waals surface area contributed by atoms with Gasteiger partial charge in [-0.25, -0.2) is 8.78 Å². The molecule has 2 N–H and O–H groups in total. The van der Waals surface area contributed by atoms with Crippen molar-refractivity contribution in [2.75, 3.05) is 6.54 Å². The lowest BCUT2D eigenvalue weighted by atomic mass is 10.0. The Labute approximate surface area is 74.4 Å². The molecule has 0 saturated heterocycles. The maximum Gasteiger partial charge on any atom is 0.264 e. The van der Waals surface area contributed by atoms with E-state index in [0.717, 1.165) is 0 Å². The van der Waals surface area contributed by atoms with Crippen LogP contribution in [0.4, 0.5) is 8.78 Å². The first kappa shape index (κ1) is 9.80. The summed E-state index contributed by atoms with van der Waals surface area (Å²) >= 11 is 0. The van der Waals surface area contributed by atoms with Gasteiger partial charge in [-0.15, -0.1) is 0 Å². The summed E-state index contributed by atoms with van der Waals surface area (Å²) in [6.45, 7) is -0.246. The highest BCUT2D eigenvalue weighted by Gasteiger charge is 2.15. The molecule has 0 amide bonds. The van der Waals surface area contributed by atoms with Crippen LogP contribution < -0.4 is 5.73 Å². The number of alkyl halides is 2. The summed E-state index contributed by atoms with van der Waals surface area (Å²) in [5.41, 5.74) is 4.84. The van der Waals surface area contributed by atoms with E-state index in [1.807, 2.05) is 0 Å².